The molecule has 122 valence electrons. The number of benzene rings is 1. The fourth-order valence-electron chi connectivity index (χ4n) is 2.85. The van der Waals surface area contributed by atoms with Crippen molar-refractivity contribution in [3.63, 3.8) is 0 Å². The van der Waals surface area contributed by atoms with Crippen LogP contribution in [0.15, 0.2) is 24.3 Å². The molecular formula is C17H25FN2O2. The van der Waals surface area contributed by atoms with Gasteiger partial charge in [0.05, 0.1) is 6.54 Å². The third kappa shape index (κ3) is 4.70. The van der Waals surface area contributed by atoms with Crippen molar-refractivity contribution in [2.45, 2.75) is 38.1 Å². The van der Waals surface area contributed by atoms with Gasteiger partial charge in [-0.3, -0.25) is 4.79 Å². The second kappa shape index (κ2) is 8.13. The van der Waals surface area contributed by atoms with E-state index in [4.69, 9.17) is 10.5 Å². The van der Waals surface area contributed by atoms with Crippen molar-refractivity contribution < 1.29 is 13.9 Å². The molecule has 1 amide bonds. The summed E-state index contributed by atoms with van der Waals surface area (Å²) in [4.78, 5) is 13.8. The van der Waals surface area contributed by atoms with Gasteiger partial charge in [0.15, 0.2) is 11.6 Å². The van der Waals surface area contributed by atoms with E-state index in [9.17, 15) is 9.18 Å². The number of carbonyl (C=O) groups excluding carboxylic acids is 1. The third-order valence-corrected chi connectivity index (χ3v) is 4.35. The van der Waals surface area contributed by atoms with Crippen LogP contribution < -0.4 is 10.5 Å². The van der Waals surface area contributed by atoms with E-state index in [0.29, 0.717) is 13.0 Å². The SMILES string of the molecule is CN(CCOc1ccccc1F)C(=O)CC1CCCCC1N. The van der Waals surface area contributed by atoms with E-state index in [2.05, 4.69) is 0 Å². The lowest BCUT2D eigenvalue weighted by Gasteiger charge is -2.29. The number of likely N-dealkylation sites (N-methyl/N-ethyl adjacent to an activating group) is 1. The number of carbonyl (C=O) groups is 1. The van der Waals surface area contributed by atoms with Crippen molar-refractivity contribution in [2.75, 3.05) is 20.2 Å². The van der Waals surface area contributed by atoms with Crippen LogP contribution in [0.3, 0.4) is 0 Å². The molecule has 2 unspecified atom stereocenters. The molecule has 4 nitrogen and oxygen atoms in total. The maximum Gasteiger partial charge on any atom is 0.222 e. The number of nitrogens with zero attached hydrogens (tertiary/aromatic N) is 1. The van der Waals surface area contributed by atoms with Crippen molar-refractivity contribution in [3.05, 3.63) is 30.1 Å². The lowest BCUT2D eigenvalue weighted by atomic mass is 9.83. The number of ether oxygens (including phenoxy) is 1. The van der Waals surface area contributed by atoms with E-state index in [1.807, 2.05) is 0 Å². The Morgan fingerprint density at radius 3 is 2.82 bits per heavy atom. The van der Waals surface area contributed by atoms with Crippen LogP contribution in [0.2, 0.25) is 0 Å². The Bertz CT molecular complexity index is 495. The predicted octanol–water partition coefficient (Wildman–Crippen LogP) is 2.57. The Labute approximate surface area is 131 Å². The molecule has 5 heteroatoms. The highest BCUT2D eigenvalue weighted by Gasteiger charge is 2.25. The summed E-state index contributed by atoms with van der Waals surface area (Å²) in [6.07, 6.45) is 4.87. The zero-order valence-electron chi connectivity index (χ0n) is 13.1. The normalized spacial score (nSPS) is 21.4. The predicted molar refractivity (Wildman–Crippen MR) is 84.1 cm³/mol. The van der Waals surface area contributed by atoms with Crippen LogP contribution in [-0.4, -0.2) is 37.0 Å². The molecule has 1 fully saturated rings. The number of amides is 1. The third-order valence-electron chi connectivity index (χ3n) is 4.35. The Hall–Kier alpha value is -1.62. The molecule has 1 aliphatic rings. The van der Waals surface area contributed by atoms with Crippen LogP contribution in [0.1, 0.15) is 32.1 Å². The highest BCUT2D eigenvalue weighted by Crippen LogP contribution is 2.26. The van der Waals surface area contributed by atoms with Crippen LogP contribution in [-0.2, 0) is 4.79 Å². The van der Waals surface area contributed by atoms with Gasteiger partial charge in [0, 0.05) is 19.5 Å². The first kappa shape index (κ1) is 16.7. The minimum Gasteiger partial charge on any atom is -0.489 e. The highest BCUT2D eigenvalue weighted by molar-refractivity contribution is 5.76. The summed E-state index contributed by atoms with van der Waals surface area (Å²) >= 11 is 0. The van der Waals surface area contributed by atoms with Crippen molar-refractivity contribution in [1.82, 2.24) is 4.90 Å². The zero-order valence-corrected chi connectivity index (χ0v) is 13.1. The van der Waals surface area contributed by atoms with E-state index in [0.717, 1.165) is 25.7 Å². The van der Waals surface area contributed by atoms with Crippen molar-refractivity contribution >= 4 is 5.91 Å². The van der Waals surface area contributed by atoms with Crippen LogP contribution in [0, 0.1) is 11.7 Å². The van der Waals surface area contributed by atoms with Gasteiger partial charge in [0.2, 0.25) is 5.91 Å². The lowest BCUT2D eigenvalue weighted by molar-refractivity contribution is -0.131. The first-order chi connectivity index (χ1) is 10.6. The summed E-state index contributed by atoms with van der Waals surface area (Å²) in [5, 5.41) is 0. The van der Waals surface area contributed by atoms with Gasteiger partial charge >= 0.3 is 0 Å². The lowest BCUT2D eigenvalue weighted by Crippen LogP contribution is -2.38. The number of halogens is 1. The van der Waals surface area contributed by atoms with Gasteiger partial charge < -0.3 is 15.4 Å². The maximum absolute atomic E-state index is 13.4. The molecule has 2 atom stereocenters. The molecule has 0 radical (unpaired) electrons. The molecule has 1 aliphatic carbocycles. The van der Waals surface area contributed by atoms with Gasteiger partial charge in [-0.05, 0) is 30.9 Å². The summed E-state index contributed by atoms with van der Waals surface area (Å²) in [6.45, 7) is 0.717. The number of hydrogen-bond donors (Lipinski definition) is 1. The summed E-state index contributed by atoms with van der Waals surface area (Å²) in [6, 6.07) is 6.41. The quantitative estimate of drug-likeness (QED) is 0.879. The number of nitrogens with two attached hydrogens (primary N) is 1. The molecule has 0 bridgehead atoms. The molecule has 0 aliphatic heterocycles. The topological polar surface area (TPSA) is 55.6 Å². The van der Waals surface area contributed by atoms with Crippen LogP contribution in [0.4, 0.5) is 4.39 Å². The average molecular weight is 308 g/mol. The Kier molecular flexibility index (Phi) is 6.19. The average Bonchev–Trinajstić information content (AvgIpc) is 2.51. The number of para-hydroxylation sites is 1. The smallest absolute Gasteiger partial charge is 0.222 e. The molecule has 22 heavy (non-hydrogen) atoms. The van der Waals surface area contributed by atoms with E-state index in [1.54, 1.807) is 30.1 Å². The Morgan fingerprint density at radius 1 is 1.36 bits per heavy atom. The molecule has 1 aromatic rings. The van der Waals surface area contributed by atoms with E-state index in [1.165, 1.54) is 6.07 Å². The molecule has 0 saturated heterocycles. The van der Waals surface area contributed by atoms with Gasteiger partial charge in [-0.1, -0.05) is 25.0 Å². The number of hydrogen-bond acceptors (Lipinski definition) is 3. The van der Waals surface area contributed by atoms with Crippen LogP contribution >= 0.6 is 0 Å². The van der Waals surface area contributed by atoms with Crippen molar-refractivity contribution in [2.24, 2.45) is 11.7 Å². The van der Waals surface area contributed by atoms with Gasteiger partial charge in [0.25, 0.3) is 0 Å². The Balaban J connectivity index is 1.73. The van der Waals surface area contributed by atoms with Gasteiger partial charge in [-0.25, -0.2) is 4.39 Å². The van der Waals surface area contributed by atoms with E-state index < -0.39 is 0 Å². The van der Waals surface area contributed by atoms with Crippen molar-refractivity contribution in [1.29, 1.82) is 0 Å². The molecule has 1 saturated carbocycles. The molecule has 0 heterocycles. The fourth-order valence-corrected chi connectivity index (χ4v) is 2.85. The standard InChI is InChI=1S/C17H25FN2O2/c1-20(10-11-22-16-9-5-3-7-14(16)18)17(21)12-13-6-2-4-8-15(13)19/h3,5,7,9,13,15H,2,4,6,8,10-12,19H2,1H3. The second-order valence-electron chi connectivity index (χ2n) is 6.01. The summed E-state index contributed by atoms with van der Waals surface area (Å²) < 4.78 is 18.8. The first-order valence-electron chi connectivity index (χ1n) is 7.95. The first-order valence-corrected chi connectivity index (χ1v) is 7.95. The maximum atomic E-state index is 13.4. The molecule has 0 spiro atoms. The fraction of sp³-hybridized carbons (Fsp3) is 0.588. The van der Waals surface area contributed by atoms with E-state index >= 15 is 0 Å². The molecule has 2 rings (SSSR count). The molecular weight excluding hydrogens is 283 g/mol. The van der Waals surface area contributed by atoms with Gasteiger partial charge in [-0.2, -0.15) is 0 Å². The molecule has 2 N–H and O–H groups in total. The zero-order chi connectivity index (χ0) is 15.9. The van der Waals surface area contributed by atoms with Gasteiger partial charge in [0.1, 0.15) is 6.61 Å². The minimum absolute atomic E-state index is 0.0829. The highest BCUT2D eigenvalue weighted by atomic mass is 19.1. The summed E-state index contributed by atoms with van der Waals surface area (Å²) in [5.41, 5.74) is 6.08. The number of rotatable bonds is 6. The Morgan fingerprint density at radius 2 is 2.09 bits per heavy atom. The van der Waals surface area contributed by atoms with Crippen molar-refractivity contribution in [3.8, 4) is 5.75 Å². The summed E-state index contributed by atoms with van der Waals surface area (Å²) in [5.74, 6) is 0.206. The summed E-state index contributed by atoms with van der Waals surface area (Å²) in [7, 11) is 1.75. The monoisotopic (exact) mass is 308 g/mol. The largest absolute Gasteiger partial charge is 0.489 e. The van der Waals surface area contributed by atoms with Crippen LogP contribution in [0.25, 0.3) is 0 Å². The molecule has 0 aromatic heterocycles. The second-order valence-corrected chi connectivity index (χ2v) is 6.01. The molecule has 1 aromatic carbocycles. The van der Waals surface area contributed by atoms with Crippen LogP contribution in [0.5, 0.6) is 5.75 Å². The van der Waals surface area contributed by atoms with E-state index in [-0.39, 0.29) is 36.0 Å². The minimum atomic E-state index is -0.385. The van der Waals surface area contributed by atoms with Gasteiger partial charge in [-0.15, -0.1) is 0 Å².